The number of nitrogens with zero attached hydrogens (tertiary/aromatic N) is 2. The summed E-state index contributed by atoms with van der Waals surface area (Å²) in [5.41, 5.74) is 4.21. The highest BCUT2D eigenvalue weighted by Crippen LogP contribution is 2.33. The van der Waals surface area contributed by atoms with Gasteiger partial charge in [0.2, 0.25) is 0 Å². The molecule has 4 nitrogen and oxygen atoms in total. The molecule has 24 heavy (non-hydrogen) atoms. The smallest absolute Gasteiger partial charge is 0.252 e. The van der Waals surface area contributed by atoms with E-state index in [2.05, 4.69) is 46.4 Å². The van der Waals surface area contributed by atoms with Crippen molar-refractivity contribution in [2.45, 2.75) is 39.0 Å². The van der Waals surface area contributed by atoms with E-state index >= 15 is 0 Å². The zero-order valence-corrected chi connectivity index (χ0v) is 14.3. The normalized spacial score (nSPS) is 13.5. The number of amides is 1. The van der Waals surface area contributed by atoms with E-state index in [1.54, 1.807) is 6.20 Å². The molecule has 2 heterocycles. The second kappa shape index (κ2) is 7.95. The fraction of sp³-hybridized carbons (Fsp3) is 0.400. The van der Waals surface area contributed by atoms with E-state index in [4.69, 9.17) is 0 Å². The summed E-state index contributed by atoms with van der Waals surface area (Å²) in [6, 6.07) is 10.4. The number of rotatable bonds is 6. The van der Waals surface area contributed by atoms with E-state index in [1.807, 2.05) is 12.3 Å². The molecule has 2 aromatic rings. The van der Waals surface area contributed by atoms with Gasteiger partial charge in [-0.2, -0.15) is 0 Å². The molecule has 3 rings (SSSR count). The summed E-state index contributed by atoms with van der Waals surface area (Å²) in [5, 5.41) is 2.99. The Hall–Kier alpha value is -2.36. The predicted molar refractivity (Wildman–Crippen MR) is 97.9 cm³/mol. The number of benzene rings is 1. The Morgan fingerprint density at radius 3 is 3.00 bits per heavy atom. The first-order valence-corrected chi connectivity index (χ1v) is 8.88. The summed E-state index contributed by atoms with van der Waals surface area (Å²) < 4.78 is 0. The van der Waals surface area contributed by atoms with E-state index in [1.165, 1.54) is 11.3 Å². The molecule has 1 amide bonds. The molecule has 0 saturated heterocycles. The van der Waals surface area contributed by atoms with Crippen LogP contribution in [0.15, 0.2) is 42.7 Å². The van der Waals surface area contributed by atoms with Gasteiger partial charge in [0.15, 0.2) is 0 Å². The van der Waals surface area contributed by atoms with E-state index in [0.717, 1.165) is 50.9 Å². The monoisotopic (exact) mass is 323 g/mol. The Labute approximate surface area is 143 Å². The lowest BCUT2D eigenvalue weighted by Crippen LogP contribution is -2.27. The number of carbonyl (C=O) groups excluding carboxylic acids is 1. The molecule has 1 aromatic carbocycles. The van der Waals surface area contributed by atoms with E-state index in [9.17, 15) is 4.79 Å². The summed E-state index contributed by atoms with van der Waals surface area (Å²) in [6.45, 7) is 3.84. The van der Waals surface area contributed by atoms with Crippen molar-refractivity contribution in [2.24, 2.45) is 0 Å². The Bertz CT molecular complexity index is 699. The summed E-state index contributed by atoms with van der Waals surface area (Å²) >= 11 is 0. The van der Waals surface area contributed by atoms with Gasteiger partial charge in [0.05, 0.1) is 17.4 Å². The van der Waals surface area contributed by atoms with Crippen LogP contribution in [0.2, 0.25) is 0 Å². The topological polar surface area (TPSA) is 45.2 Å². The second-order valence-corrected chi connectivity index (χ2v) is 6.28. The van der Waals surface area contributed by atoms with Gasteiger partial charge < -0.3 is 10.2 Å². The van der Waals surface area contributed by atoms with Gasteiger partial charge in [-0.05, 0) is 37.0 Å². The largest absolute Gasteiger partial charge is 0.352 e. The van der Waals surface area contributed by atoms with Gasteiger partial charge in [-0.1, -0.05) is 38.0 Å². The summed E-state index contributed by atoms with van der Waals surface area (Å²) in [7, 11) is 0. The van der Waals surface area contributed by atoms with Gasteiger partial charge in [0.25, 0.3) is 5.91 Å². The van der Waals surface area contributed by atoms with Crippen LogP contribution in [0.3, 0.4) is 0 Å². The summed E-state index contributed by atoms with van der Waals surface area (Å²) in [5.74, 6) is -0.0363. The summed E-state index contributed by atoms with van der Waals surface area (Å²) in [6.07, 6.45) is 9.03. The van der Waals surface area contributed by atoms with Crippen LogP contribution in [0.25, 0.3) is 0 Å². The van der Waals surface area contributed by atoms with Crippen LogP contribution >= 0.6 is 0 Å². The minimum atomic E-state index is -0.0363. The predicted octanol–water partition coefficient (Wildman–Crippen LogP) is 4.09. The van der Waals surface area contributed by atoms with Gasteiger partial charge in [0.1, 0.15) is 0 Å². The molecule has 1 aliphatic heterocycles. The highest BCUT2D eigenvalue weighted by atomic mass is 16.1. The number of carbonyl (C=O) groups is 1. The number of hydrogen-bond acceptors (Lipinski definition) is 3. The molecule has 0 saturated carbocycles. The number of aryl methyl sites for hydroxylation is 1. The van der Waals surface area contributed by atoms with Crippen molar-refractivity contribution in [1.82, 2.24) is 10.3 Å². The lowest BCUT2D eigenvalue weighted by molar-refractivity contribution is 0.0952. The maximum absolute atomic E-state index is 12.3. The number of nitrogens with one attached hydrogen (secondary N) is 1. The van der Waals surface area contributed by atoms with Crippen molar-refractivity contribution < 1.29 is 4.79 Å². The standard InChI is InChI=1S/C20H25N3O/c1-2-3-6-11-22-20(24)17-13-18(15-21-14-17)23-12-7-9-16-8-4-5-10-19(16)23/h4-5,8,10,13-15H,2-3,6-7,9,11-12H2,1H3,(H,22,24). The Kier molecular flexibility index (Phi) is 5.47. The van der Waals surface area contributed by atoms with Crippen LogP contribution in [-0.4, -0.2) is 24.0 Å². The first-order chi connectivity index (χ1) is 11.8. The quantitative estimate of drug-likeness (QED) is 0.815. The third kappa shape index (κ3) is 3.75. The Morgan fingerprint density at radius 1 is 1.25 bits per heavy atom. The zero-order chi connectivity index (χ0) is 16.8. The molecular formula is C20H25N3O. The van der Waals surface area contributed by atoms with Crippen LogP contribution in [0, 0.1) is 0 Å². The molecule has 0 fully saturated rings. The number of para-hydroxylation sites is 1. The summed E-state index contributed by atoms with van der Waals surface area (Å²) in [4.78, 5) is 18.9. The third-order valence-electron chi connectivity index (χ3n) is 4.47. The van der Waals surface area contributed by atoms with Gasteiger partial charge >= 0.3 is 0 Å². The van der Waals surface area contributed by atoms with Gasteiger partial charge in [-0.25, -0.2) is 0 Å². The van der Waals surface area contributed by atoms with Crippen LogP contribution in [0.1, 0.15) is 48.5 Å². The van der Waals surface area contributed by atoms with Crippen LogP contribution in [-0.2, 0) is 6.42 Å². The van der Waals surface area contributed by atoms with Crippen molar-refractivity contribution in [3.63, 3.8) is 0 Å². The number of anilines is 2. The lowest BCUT2D eigenvalue weighted by Gasteiger charge is -2.31. The van der Waals surface area contributed by atoms with Gasteiger partial charge in [-0.15, -0.1) is 0 Å². The van der Waals surface area contributed by atoms with Crippen LogP contribution in [0.4, 0.5) is 11.4 Å². The maximum atomic E-state index is 12.3. The number of pyridine rings is 1. The second-order valence-electron chi connectivity index (χ2n) is 6.28. The average Bonchev–Trinajstić information content (AvgIpc) is 2.64. The van der Waals surface area contributed by atoms with Gasteiger partial charge in [-0.3, -0.25) is 9.78 Å². The number of hydrogen-bond donors (Lipinski definition) is 1. The molecule has 1 aliphatic rings. The molecule has 1 N–H and O–H groups in total. The molecule has 0 unspecified atom stereocenters. The molecule has 4 heteroatoms. The van der Waals surface area contributed by atoms with Crippen LogP contribution in [0.5, 0.6) is 0 Å². The van der Waals surface area contributed by atoms with Gasteiger partial charge in [0, 0.05) is 25.0 Å². The Balaban J connectivity index is 1.75. The van der Waals surface area contributed by atoms with E-state index in [0.29, 0.717) is 5.56 Å². The van der Waals surface area contributed by atoms with E-state index < -0.39 is 0 Å². The van der Waals surface area contributed by atoms with Crippen molar-refractivity contribution in [1.29, 1.82) is 0 Å². The molecule has 1 aromatic heterocycles. The number of unbranched alkanes of at least 4 members (excludes halogenated alkanes) is 2. The molecular weight excluding hydrogens is 298 g/mol. The molecule has 0 bridgehead atoms. The lowest BCUT2D eigenvalue weighted by atomic mass is 10.0. The van der Waals surface area contributed by atoms with Crippen molar-refractivity contribution in [3.8, 4) is 0 Å². The van der Waals surface area contributed by atoms with Crippen LogP contribution < -0.4 is 10.2 Å². The zero-order valence-electron chi connectivity index (χ0n) is 14.3. The highest BCUT2D eigenvalue weighted by Gasteiger charge is 2.19. The minimum Gasteiger partial charge on any atom is -0.352 e. The molecule has 0 spiro atoms. The highest BCUT2D eigenvalue weighted by molar-refractivity contribution is 5.95. The van der Waals surface area contributed by atoms with E-state index in [-0.39, 0.29) is 5.91 Å². The minimum absolute atomic E-state index is 0.0363. The molecule has 126 valence electrons. The molecule has 0 radical (unpaired) electrons. The maximum Gasteiger partial charge on any atom is 0.252 e. The Morgan fingerprint density at radius 2 is 2.12 bits per heavy atom. The first-order valence-electron chi connectivity index (χ1n) is 8.88. The SMILES string of the molecule is CCCCCNC(=O)c1cncc(N2CCCc3ccccc32)c1. The first kappa shape index (κ1) is 16.5. The third-order valence-corrected chi connectivity index (χ3v) is 4.47. The number of fused-ring (bicyclic) bond motifs is 1. The van der Waals surface area contributed by atoms with Crippen molar-refractivity contribution in [2.75, 3.05) is 18.0 Å². The van der Waals surface area contributed by atoms with Crippen molar-refractivity contribution in [3.05, 3.63) is 53.9 Å². The number of aromatic nitrogens is 1. The molecule has 0 atom stereocenters. The fourth-order valence-electron chi connectivity index (χ4n) is 3.18. The van der Waals surface area contributed by atoms with Crippen molar-refractivity contribution >= 4 is 17.3 Å². The fourth-order valence-corrected chi connectivity index (χ4v) is 3.18. The molecule has 0 aliphatic carbocycles. The average molecular weight is 323 g/mol.